The first-order valence-electron chi connectivity index (χ1n) is 6.19. The second kappa shape index (κ2) is 8.25. The summed E-state index contributed by atoms with van der Waals surface area (Å²) in [6, 6.07) is 2.61. The molecule has 0 aromatic carbocycles. The summed E-state index contributed by atoms with van der Waals surface area (Å²) < 4.78 is 6.89. The first-order valence-corrected chi connectivity index (χ1v) is 7.87. The Morgan fingerprint density at radius 2 is 2.24 bits per heavy atom. The molecule has 1 aromatic rings. The molecule has 17 heavy (non-hydrogen) atoms. The molecule has 0 aliphatic rings. The van der Waals surface area contributed by atoms with Crippen LogP contribution in [0.2, 0.25) is 0 Å². The number of nitrogens with one attached hydrogen (secondary N) is 1. The summed E-state index contributed by atoms with van der Waals surface area (Å²) >= 11 is 5.30. The predicted molar refractivity (Wildman–Crippen MR) is 78.9 cm³/mol. The molecule has 0 amide bonds. The molecular weight excluding hydrogens is 298 g/mol. The van der Waals surface area contributed by atoms with Gasteiger partial charge in [-0.1, -0.05) is 6.92 Å². The van der Waals surface area contributed by atoms with E-state index in [-0.39, 0.29) is 0 Å². The summed E-state index contributed by atoms with van der Waals surface area (Å²) in [4.78, 5) is 1.40. The van der Waals surface area contributed by atoms with Crippen molar-refractivity contribution in [3.8, 4) is 0 Å². The van der Waals surface area contributed by atoms with E-state index in [4.69, 9.17) is 4.74 Å². The van der Waals surface area contributed by atoms with Crippen molar-refractivity contribution < 1.29 is 4.74 Å². The van der Waals surface area contributed by atoms with E-state index >= 15 is 0 Å². The molecule has 0 aliphatic heterocycles. The van der Waals surface area contributed by atoms with Gasteiger partial charge in [0.15, 0.2) is 0 Å². The fraction of sp³-hybridized carbons (Fsp3) is 0.692. The van der Waals surface area contributed by atoms with Gasteiger partial charge >= 0.3 is 0 Å². The third-order valence-electron chi connectivity index (χ3n) is 2.38. The van der Waals surface area contributed by atoms with E-state index in [0.29, 0.717) is 12.1 Å². The van der Waals surface area contributed by atoms with Crippen LogP contribution in [0, 0.1) is 0 Å². The normalized spacial score (nSPS) is 13.2. The fourth-order valence-corrected chi connectivity index (χ4v) is 3.08. The van der Waals surface area contributed by atoms with Crippen molar-refractivity contribution in [2.75, 3.05) is 13.2 Å². The lowest BCUT2D eigenvalue weighted by atomic mass is 10.2. The SMILES string of the molecule is CCCNC(COC(C)C)Cc1cc(Br)cs1. The lowest BCUT2D eigenvalue weighted by molar-refractivity contribution is 0.0614. The molecule has 0 spiro atoms. The standard InChI is InChI=1S/C13H22BrNOS/c1-4-5-15-12(8-16-10(2)3)7-13-6-11(14)9-17-13/h6,9-10,12,15H,4-5,7-8H2,1-3H3. The van der Waals surface area contributed by atoms with Crippen LogP contribution >= 0.6 is 27.3 Å². The zero-order valence-electron chi connectivity index (χ0n) is 10.8. The molecule has 1 aromatic heterocycles. The van der Waals surface area contributed by atoms with Crippen molar-refractivity contribution >= 4 is 27.3 Å². The summed E-state index contributed by atoms with van der Waals surface area (Å²) in [6.45, 7) is 8.19. The molecule has 1 N–H and O–H groups in total. The molecule has 1 rings (SSSR count). The van der Waals surface area contributed by atoms with Crippen LogP contribution in [-0.2, 0) is 11.2 Å². The lowest BCUT2D eigenvalue weighted by Crippen LogP contribution is -2.36. The van der Waals surface area contributed by atoms with Crippen LogP contribution in [-0.4, -0.2) is 25.3 Å². The monoisotopic (exact) mass is 319 g/mol. The van der Waals surface area contributed by atoms with Gasteiger partial charge in [-0.15, -0.1) is 11.3 Å². The molecule has 1 atom stereocenters. The van der Waals surface area contributed by atoms with Crippen LogP contribution in [0.3, 0.4) is 0 Å². The van der Waals surface area contributed by atoms with Gasteiger partial charge in [0.05, 0.1) is 12.7 Å². The Kier molecular flexibility index (Phi) is 7.35. The second-order valence-electron chi connectivity index (χ2n) is 4.47. The summed E-state index contributed by atoms with van der Waals surface area (Å²) in [7, 11) is 0. The van der Waals surface area contributed by atoms with Gasteiger partial charge in [0.2, 0.25) is 0 Å². The Morgan fingerprint density at radius 1 is 1.47 bits per heavy atom. The minimum atomic E-state index is 0.302. The highest BCUT2D eigenvalue weighted by Crippen LogP contribution is 2.21. The molecule has 1 unspecified atom stereocenters. The van der Waals surface area contributed by atoms with Crippen LogP contribution in [0.25, 0.3) is 0 Å². The molecule has 0 saturated heterocycles. The summed E-state index contributed by atoms with van der Waals surface area (Å²) in [5.41, 5.74) is 0. The molecule has 0 aliphatic carbocycles. The van der Waals surface area contributed by atoms with Crippen molar-refractivity contribution in [3.63, 3.8) is 0 Å². The first-order chi connectivity index (χ1) is 8.11. The smallest absolute Gasteiger partial charge is 0.0626 e. The highest BCUT2D eigenvalue weighted by Gasteiger charge is 2.11. The quantitative estimate of drug-likeness (QED) is 0.786. The Labute approximate surface area is 117 Å². The van der Waals surface area contributed by atoms with Crippen molar-refractivity contribution in [1.29, 1.82) is 0 Å². The summed E-state index contributed by atoms with van der Waals surface area (Å²) in [6.07, 6.45) is 2.51. The molecule has 0 bridgehead atoms. The highest BCUT2D eigenvalue weighted by molar-refractivity contribution is 9.10. The van der Waals surface area contributed by atoms with Crippen molar-refractivity contribution in [1.82, 2.24) is 5.32 Å². The number of ether oxygens (including phenoxy) is 1. The van der Waals surface area contributed by atoms with Crippen LogP contribution in [0.4, 0.5) is 0 Å². The zero-order chi connectivity index (χ0) is 12.7. The number of halogens is 1. The Bertz CT molecular complexity index is 314. The molecule has 0 radical (unpaired) electrons. The molecule has 0 saturated carbocycles. The van der Waals surface area contributed by atoms with Crippen LogP contribution in [0.1, 0.15) is 32.1 Å². The van der Waals surface area contributed by atoms with Gasteiger partial charge in [0.1, 0.15) is 0 Å². The van der Waals surface area contributed by atoms with E-state index in [1.807, 2.05) is 0 Å². The molecule has 98 valence electrons. The van der Waals surface area contributed by atoms with E-state index in [9.17, 15) is 0 Å². The van der Waals surface area contributed by atoms with Crippen LogP contribution in [0.15, 0.2) is 15.9 Å². The largest absolute Gasteiger partial charge is 0.377 e. The highest BCUT2D eigenvalue weighted by atomic mass is 79.9. The van der Waals surface area contributed by atoms with Gasteiger partial charge in [-0.05, 0) is 55.2 Å². The maximum atomic E-state index is 5.71. The minimum Gasteiger partial charge on any atom is -0.377 e. The Morgan fingerprint density at radius 3 is 2.76 bits per heavy atom. The maximum Gasteiger partial charge on any atom is 0.0626 e. The third-order valence-corrected chi connectivity index (χ3v) is 4.10. The Balaban J connectivity index is 2.44. The number of hydrogen-bond acceptors (Lipinski definition) is 3. The Hall–Kier alpha value is 0.1000. The van der Waals surface area contributed by atoms with E-state index in [1.54, 1.807) is 11.3 Å². The first kappa shape index (κ1) is 15.2. The second-order valence-corrected chi connectivity index (χ2v) is 6.38. The zero-order valence-corrected chi connectivity index (χ0v) is 13.2. The van der Waals surface area contributed by atoms with E-state index in [2.05, 4.69) is 53.5 Å². The van der Waals surface area contributed by atoms with Crippen molar-refractivity contribution in [2.45, 2.75) is 45.8 Å². The van der Waals surface area contributed by atoms with Gasteiger partial charge in [-0.3, -0.25) is 0 Å². The van der Waals surface area contributed by atoms with Gasteiger partial charge in [0, 0.05) is 20.8 Å². The number of rotatable bonds is 8. The fourth-order valence-electron chi connectivity index (χ4n) is 1.55. The number of hydrogen-bond donors (Lipinski definition) is 1. The average Bonchev–Trinajstić information content (AvgIpc) is 2.68. The van der Waals surface area contributed by atoms with Crippen LogP contribution in [0.5, 0.6) is 0 Å². The minimum absolute atomic E-state index is 0.302. The summed E-state index contributed by atoms with van der Waals surface area (Å²) in [5, 5.41) is 5.68. The van der Waals surface area contributed by atoms with Gasteiger partial charge in [0.25, 0.3) is 0 Å². The van der Waals surface area contributed by atoms with E-state index < -0.39 is 0 Å². The van der Waals surface area contributed by atoms with Crippen molar-refractivity contribution in [2.24, 2.45) is 0 Å². The van der Waals surface area contributed by atoms with Crippen molar-refractivity contribution in [3.05, 3.63) is 20.8 Å². The van der Waals surface area contributed by atoms with Gasteiger partial charge in [-0.25, -0.2) is 0 Å². The topological polar surface area (TPSA) is 21.3 Å². The maximum absolute atomic E-state index is 5.71. The third kappa shape index (κ3) is 6.55. The van der Waals surface area contributed by atoms with Gasteiger partial charge in [-0.2, -0.15) is 0 Å². The van der Waals surface area contributed by atoms with Crippen LogP contribution < -0.4 is 5.32 Å². The molecule has 4 heteroatoms. The van der Waals surface area contributed by atoms with Gasteiger partial charge < -0.3 is 10.1 Å². The predicted octanol–water partition coefficient (Wildman–Crippen LogP) is 3.85. The number of thiophene rings is 1. The average molecular weight is 320 g/mol. The lowest BCUT2D eigenvalue weighted by Gasteiger charge is -2.19. The molecule has 0 fully saturated rings. The molecular formula is C13H22BrNOS. The molecule has 1 heterocycles. The van der Waals surface area contributed by atoms with E-state index in [0.717, 1.165) is 26.0 Å². The van der Waals surface area contributed by atoms with E-state index in [1.165, 1.54) is 9.35 Å². The molecule has 2 nitrogen and oxygen atoms in total. The summed E-state index contributed by atoms with van der Waals surface area (Å²) in [5.74, 6) is 0.